The molecule has 324 valence electrons. The first-order valence-electron chi connectivity index (χ1n) is 23.6. The fourth-order valence-corrected chi connectivity index (χ4v) is 10.9. The first-order valence-corrected chi connectivity index (χ1v) is 23.6. The van der Waals surface area contributed by atoms with Gasteiger partial charge in [0.2, 0.25) is 0 Å². The number of hydrogen-bond acceptors (Lipinski definition) is 4. The monoisotopic (exact) mass is 882 g/mol. The van der Waals surface area contributed by atoms with Gasteiger partial charge in [-0.2, -0.15) is 0 Å². The molecule has 4 nitrogen and oxygen atoms in total. The van der Waals surface area contributed by atoms with Gasteiger partial charge in [0, 0.05) is 43.7 Å². The Hall–Kier alpha value is -9.12. The van der Waals surface area contributed by atoms with Crippen molar-refractivity contribution in [1.82, 2.24) is 0 Å². The third kappa shape index (κ3) is 6.16. The molecule has 2 heterocycles. The van der Waals surface area contributed by atoms with Crippen LogP contribution in [0.3, 0.4) is 0 Å². The average molecular weight is 883 g/mol. The maximum atomic E-state index is 6.94. The third-order valence-electron chi connectivity index (χ3n) is 14.1. The summed E-state index contributed by atoms with van der Waals surface area (Å²) in [5.41, 5.74) is 15.4. The molecule has 0 saturated carbocycles. The Bertz CT molecular complexity index is 4280. The number of anilines is 6. The van der Waals surface area contributed by atoms with Crippen LogP contribution >= 0.6 is 0 Å². The van der Waals surface area contributed by atoms with E-state index in [2.05, 4.69) is 247 Å². The van der Waals surface area contributed by atoms with Gasteiger partial charge in [-0.15, -0.1) is 0 Å². The van der Waals surface area contributed by atoms with Gasteiger partial charge in [0.05, 0.1) is 22.7 Å². The largest absolute Gasteiger partial charge is 0.454 e. The zero-order chi connectivity index (χ0) is 45.6. The van der Waals surface area contributed by atoms with E-state index in [9.17, 15) is 0 Å². The zero-order valence-corrected chi connectivity index (χ0v) is 37.7. The Morgan fingerprint density at radius 2 is 0.725 bits per heavy atom. The van der Waals surface area contributed by atoms with Gasteiger partial charge < -0.3 is 18.6 Å². The Morgan fingerprint density at radius 1 is 0.290 bits per heavy atom. The van der Waals surface area contributed by atoms with Crippen LogP contribution in [0.2, 0.25) is 0 Å². The number of furan rings is 2. The summed E-state index contributed by atoms with van der Waals surface area (Å²) < 4.78 is 13.7. The highest BCUT2D eigenvalue weighted by molar-refractivity contribution is 6.29. The molecule has 0 aliphatic carbocycles. The molecular weight excluding hydrogens is 841 g/mol. The molecule has 0 saturated heterocycles. The number of para-hydroxylation sites is 4. The Labute approximate surface area is 398 Å². The van der Waals surface area contributed by atoms with Crippen molar-refractivity contribution < 1.29 is 8.83 Å². The first-order chi connectivity index (χ1) is 34.1. The Kier molecular flexibility index (Phi) is 8.77. The van der Waals surface area contributed by atoms with Crippen molar-refractivity contribution in [1.29, 1.82) is 0 Å². The number of hydrogen-bond donors (Lipinski definition) is 0. The van der Waals surface area contributed by atoms with Gasteiger partial charge in [-0.1, -0.05) is 182 Å². The molecule has 14 rings (SSSR count). The quantitative estimate of drug-likeness (QED) is 0.142. The van der Waals surface area contributed by atoms with Crippen LogP contribution in [0.25, 0.3) is 98.4 Å². The zero-order valence-electron chi connectivity index (χ0n) is 37.7. The Morgan fingerprint density at radius 3 is 1.30 bits per heavy atom. The lowest BCUT2D eigenvalue weighted by molar-refractivity contribution is 0.666. The van der Waals surface area contributed by atoms with Crippen molar-refractivity contribution in [3.63, 3.8) is 0 Å². The highest BCUT2D eigenvalue weighted by Crippen LogP contribution is 2.51. The second-order valence-electron chi connectivity index (χ2n) is 18.1. The van der Waals surface area contributed by atoms with E-state index in [1.807, 2.05) is 6.07 Å². The van der Waals surface area contributed by atoms with Crippen molar-refractivity contribution in [2.75, 3.05) is 9.80 Å². The first kappa shape index (κ1) is 39.1. The van der Waals surface area contributed by atoms with Crippen molar-refractivity contribution in [3.05, 3.63) is 242 Å². The molecule has 2 aromatic heterocycles. The fraction of sp³-hybridized carbons (Fsp3) is 0.0154. The van der Waals surface area contributed by atoms with Crippen LogP contribution in [0.4, 0.5) is 34.1 Å². The van der Waals surface area contributed by atoms with Gasteiger partial charge >= 0.3 is 0 Å². The summed E-state index contributed by atoms with van der Waals surface area (Å²) in [6, 6.07) is 85.2. The van der Waals surface area contributed by atoms with E-state index >= 15 is 0 Å². The van der Waals surface area contributed by atoms with Gasteiger partial charge in [-0.25, -0.2) is 0 Å². The predicted molar refractivity (Wildman–Crippen MR) is 290 cm³/mol. The second-order valence-corrected chi connectivity index (χ2v) is 18.1. The summed E-state index contributed by atoms with van der Waals surface area (Å²) in [5, 5.41) is 11.5. The minimum absolute atomic E-state index is 0.847. The number of aryl methyl sites for hydroxylation is 1. The van der Waals surface area contributed by atoms with Crippen LogP contribution in [0.5, 0.6) is 0 Å². The second kappa shape index (κ2) is 15.5. The predicted octanol–water partition coefficient (Wildman–Crippen LogP) is 19.0. The molecule has 69 heavy (non-hydrogen) atoms. The molecule has 0 atom stereocenters. The number of benzene rings is 12. The summed E-state index contributed by atoms with van der Waals surface area (Å²) in [4.78, 5) is 4.80. The van der Waals surface area contributed by atoms with Crippen molar-refractivity contribution in [2.45, 2.75) is 6.92 Å². The summed E-state index contributed by atoms with van der Waals surface area (Å²) in [7, 11) is 0. The van der Waals surface area contributed by atoms with E-state index in [1.165, 1.54) is 21.5 Å². The molecule has 0 aliphatic rings. The number of rotatable bonds is 8. The molecule has 0 unspecified atom stereocenters. The lowest BCUT2D eigenvalue weighted by atomic mass is 9.91. The van der Waals surface area contributed by atoms with Crippen LogP contribution in [-0.4, -0.2) is 0 Å². The van der Waals surface area contributed by atoms with Gasteiger partial charge in [-0.05, 0) is 111 Å². The topological polar surface area (TPSA) is 32.8 Å². The van der Waals surface area contributed by atoms with Crippen molar-refractivity contribution in [2.24, 2.45) is 0 Å². The van der Waals surface area contributed by atoms with Crippen LogP contribution in [0.1, 0.15) is 5.56 Å². The summed E-state index contributed by atoms with van der Waals surface area (Å²) >= 11 is 0. The molecule has 0 radical (unpaired) electrons. The van der Waals surface area contributed by atoms with Gasteiger partial charge in [0.15, 0.2) is 11.2 Å². The van der Waals surface area contributed by atoms with Crippen LogP contribution in [0.15, 0.2) is 245 Å². The molecule has 12 aromatic carbocycles. The number of fused-ring (bicyclic) bond motifs is 6. The highest BCUT2D eigenvalue weighted by atomic mass is 16.3. The summed E-state index contributed by atoms with van der Waals surface area (Å²) in [5.74, 6) is 0. The third-order valence-corrected chi connectivity index (χ3v) is 14.1. The normalized spacial score (nSPS) is 11.8. The Balaban J connectivity index is 1.03. The molecule has 0 N–H and O–H groups in total. The van der Waals surface area contributed by atoms with Crippen molar-refractivity contribution >= 4 is 110 Å². The maximum Gasteiger partial charge on any atom is 0.159 e. The van der Waals surface area contributed by atoms with E-state index < -0.39 is 0 Å². The molecular formula is C65H42N2O2. The molecule has 4 heteroatoms. The summed E-state index contributed by atoms with van der Waals surface area (Å²) in [6.07, 6.45) is 0. The van der Waals surface area contributed by atoms with Crippen LogP contribution in [-0.2, 0) is 0 Å². The SMILES string of the molecule is Cc1cccc2c1oc1c(N(c3cccc(-c4ccccc4)c3)c3ccc4ccc5c(N(c6cccc(-c7ccccc7)c6)c6cccc7c6oc6ccccc67)ccc6ccc3c4c65)cccc12. The van der Waals surface area contributed by atoms with E-state index in [0.29, 0.717) is 0 Å². The van der Waals surface area contributed by atoms with Gasteiger partial charge in [0.1, 0.15) is 11.2 Å². The molecule has 0 bridgehead atoms. The molecule has 0 spiro atoms. The van der Waals surface area contributed by atoms with E-state index in [0.717, 1.165) is 117 Å². The maximum absolute atomic E-state index is 6.94. The lowest BCUT2D eigenvalue weighted by Gasteiger charge is -2.29. The van der Waals surface area contributed by atoms with E-state index in [-0.39, 0.29) is 0 Å². The number of nitrogens with zero attached hydrogens (tertiary/aromatic N) is 2. The minimum atomic E-state index is 0.847. The van der Waals surface area contributed by atoms with Gasteiger partial charge in [-0.3, -0.25) is 0 Å². The van der Waals surface area contributed by atoms with E-state index in [4.69, 9.17) is 8.83 Å². The fourth-order valence-electron chi connectivity index (χ4n) is 10.9. The van der Waals surface area contributed by atoms with E-state index in [1.54, 1.807) is 0 Å². The van der Waals surface area contributed by atoms with Crippen LogP contribution < -0.4 is 9.80 Å². The molecule has 14 aromatic rings. The molecule has 0 fully saturated rings. The molecule has 0 aliphatic heterocycles. The van der Waals surface area contributed by atoms with Gasteiger partial charge in [0.25, 0.3) is 0 Å². The van der Waals surface area contributed by atoms with Crippen LogP contribution in [0, 0.1) is 6.92 Å². The molecule has 0 amide bonds. The lowest BCUT2D eigenvalue weighted by Crippen LogP contribution is -2.12. The highest BCUT2D eigenvalue weighted by Gasteiger charge is 2.26. The smallest absolute Gasteiger partial charge is 0.159 e. The minimum Gasteiger partial charge on any atom is -0.454 e. The summed E-state index contributed by atoms with van der Waals surface area (Å²) in [6.45, 7) is 2.12. The standard InChI is InChI=1S/C65H42N2O2/c1-41-15-10-25-52-53-27-14-29-59(65(53)69-63(41)52)67(49-23-12-21-47(40-49)43-18-6-3-7-19-43)57-38-34-45-31-35-54-56(37-33-44-32-36-55(57)62(45)61(44)54)66(48-22-11-20-46(39-48)42-16-4-2-5-17-42)58-28-13-26-51-50-24-8-9-30-60(50)68-64(51)58/h2-40H,1H3. The average Bonchev–Trinajstić information content (AvgIpc) is 4.00. The van der Waals surface area contributed by atoms with Crippen molar-refractivity contribution in [3.8, 4) is 22.3 Å².